The first-order valence-electron chi connectivity index (χ1n) is 12.9. The zero-order valence-electron chi connectivity index (χ0n) is 22.9. The summed E-state index contributed by atoms with van der Waals surface area (Å²) in [5.41, 5.74) is 7.28. The molecule has 0 spiro atoms. The van der Waals surface area contributed by atoms with E-state index in [9.17, 15) is 13.2 Å². The van der Waals surface area contributed by atoms with E-state index >= 15 is 0 Å². The molecule has 38 heavy (non-hydrogen) atoms. The van der Waals surface area contributed by atoms with Crippen molar-refractivity contribution < 1.29 is 13.2 Å². The highest BCUT2D eigenvalue weighted by Crippen LogP contribution is 2.31. The molecule has 4 nitrogen and oxygen atoms in total. The van der Waals surface area contributed by atoms with E-state index < -0.39 is 11.7 Å². The third-order valence-corrected chi connectivity index (χ3v) is 6.99. The molecule has 1 fully saturated rings. The van der Waals surface area contributed by atoms with Gasteiger partial charge in [0.1, 0.15) is 11.7 Å². The minimum atomic E-state index is -4.39. The average Bonchev–Trinajstić information content (AvgIpc) is 2.85. The van der Waals surface area contributed by atoms with Gasteiger partial charge in [-0.25, -0.2) is 9.98 Å². The van der Waals surface area contributed by atoms with Crippen LogP contribution in [0.2, 0.25) is 0 Å². The molecule has 0 saturated carbocycles. The van der Waals surface area contributed by atoms with Gasteiger partial charge in [0, 0.05) is 18.7 Å². The van der Waals surface area contributed by atoms with Crippen molar-refractivity contribution in [3.05, 3.63) is 93.5 Å². The van der Waals surface area contributed by atoms with E-state index in [1.165, 1.54) is 12.1 Å². The minimum absolute atomic E-state index is 0.546. The van der Waals surface area contributed by atoms with E-state index in [2.05, 4.69) is 47.9 Å². The van der Waals surface area contributed by atoms with Crippen molar-refractivity contribution >= 4 is 23.0 Å². The van der Waals surface area contributed by atoms with Crippen LogP contribution in [0.4, 0.5) is 24.5 Å². The summed E-state index contributed by atoms with van der Waals surface area (Å²) in [5, 5.41) is 0. The zero-order valence-corrected chi connectivity index (χ0v) is 22.9. The second kappa shape index (κ2) is 11.0. The molecular weight excluding hydrogens is 485 g/mol. The first kappa shape index (κ1) is 27.4. The minimum Gasteiger partial charge on any atom is -0.342 e. The van der Waals surface area contributed by atoms with Crippen molar-refractivity contribution in [1.29, 1.82) is 0 Å². The third-order valence-electron chi connectivity index (χ3n) is 6.99. The molecule has 0 aliphatic carbocycles. The zero-order chi connectivity index (χ0) is 27.6. The monoisotopic (exact) mass is 520 g/mol. The van der Waals surface area contributed by atoms with Gasteiger partial charge < -0.3 is 9.80 Å². The van der Waals surface area contributed by atoms with E-state index in [1.54, 1.807) is 0 Å². The number of aliphatic imine (C=N–C) groups is 2. The van der Waals surface area contributed by atoms with Gasteiger partial charge in [-0.2, -0.15) is 13.2 Å². The van der Waals surface area contributed by atoms with Crippen molar-refractivity contribution in [2.24, 2.45) is 9.98 Å². The molecule has 0 aromatic heterocycles. The molecule has 200 valence electrons. The number of para-hydroxylation sites is 1. The third kappa shape index (κ3) is 6.09. The normalized spacial score (nSPS) is 15.3. The van der Waals surface area contributed by atoms with E-state index in [-0.39, 0.29) is 0 Å². The van der Waals surface area contributed by atoms with Crippen LogP contribution in [0.1, 0.15) is 52.3 Å². The fourth-order valence-corrected chi connectivity index (χ4v) is 5.03. The topological polar surface area (TPSA) is 31.2 Å². The van der Waals surface area contributed by atoms with Gasteiger partial charge >= 0.3 is 6.18 Å². The van der Waals surface area contributed by atoms with Crippen LogP contribution >= 0.6 is 0 Å². The molecule has 1 saturated heterocycles. The van der Waals surface area contributed by atoms with Crippen LogP contribution in [0.25, 0.3) is 0 Å². The van der Waals surface area contributed by atoms with Crippen LogP contribution in [-0.2, 0) is 6.18 Å². The Balaban J connectivity index is 1.74. The summed E-state index contributed by atoms with van der Waals surface area (Å²) in [6, 6.07) is 15.6. The van der Waals surface area contributed by atoms with E-state index in [4.69, 9.17) is 9.98 Å². The molecule has 1 aliphatic rings. The smallest absolute Gasteiger partial charge is 0.342 e. The lowest BCUT2D eigenvalue weighted by molar-refractivity contribution is -0.137. The number of alkyl halides is 3. The maximum atomic E-state index is 13.3. The molecule has 0 amide bonds. The van der Waals surface area contributed by atoms with Gasteiger partial charge in [-0.1, -0.05) is 48.0 Å². The molecule has 4 rings (SSSR count). The number of halogens is 3. The average molecular weight is 521 g/mol. The number of aryl methyl sites for hydroxylation is 5. The lowest BCUT2D eigenvalue weighted by Crippen LogP contribution is -2.49. The number of nitrogens with zero attached hydrogens (tertiary/aromatic N) is 4. The summed E-state index contributed by atoms with van der Waals surface area (Å²) >= 11 is 0. The van der Waals surface area contributed by atoms with Crippen LogP contribution in [0, 0.1) is 34.6 Å². The Morgan fingerprint density at radius 3 is 1.87 bits per heavy atom. The predicted octanol–water partition coefficient (Wildman–Crippen LogP) is 8.04. The molecule has 0 bridgehead atoms. The second-order valence-corrected chi connectivity index (χ2v) is 10.2. The van der Waals surface area contributed by atoms with Gasteiger partial charge in [0.25, 0.3) is 0 Å². The van der Waals surface area contributed by atoms with Gasteiger partial charge in [0.15, 0.2) is 0 Å². The molecule has 0 N–H and O–H groups in total. The molecule has 7 heteroatoms. The van der Waals surface area contributed by atoms with E-state index in [0.29, 0.717) is 18.1 Å². The molecule has 0 atom stereocenters. The van der Waals surface area contributed by atoms with Gasteiger partial charge in [-0.15, -0.1) is 0 Å². The summed E-state index contributed by atoms with van der Waals surface area (Å²) in [4.78, 5) is 14.4. The molecule has 3 aromatic rings. The Labute approximate surface area is 223 Å². The fourth-order valence-electron chi connectivity index (χ4n) is 5.03. The van der Waals surface area contributed by atoms with Gasteiger partial charge in [0.2, 0.25) is 0 Å². The predicted molar refractivity (Wildman–Crippen MR) is 150 cm³/mol. The molecule has 0 unspecified atom stereocenters. The quantitative estimate of drug-likeness (QED) is 0.258. The summed E-state index contributed by atoms with van der Waals surface area (Å²) in [7, 11) is 0. The summed E-state index contributed by atoms with van der Waals surface area (Å²) in [6.07, 6.45) is -3.51. The maximum Gasteiger partial charge on any atom is 0.416 e. The summed E-state index contributed by atoms with van der Waals surface area (Å²) < 4.78 is 39.8. The van der Waals surface area contributed by atoms with Crippen molar-refractivity contribution in [2.45, 2.75) is 54.1 Å². The Hall–Kier alpha value is -3.61. The van der Waals surface area contributed by atoms with Crippen LogP contribution in [0.3, 0.4) is 0 Å². The highest BCUT2D eigenvalue weighted by molar-refractivity contribution is 6.01. The Morgan fingerprint density at radius 2 is 1.29 bits per heavy atom. The maximum absolute atomic E-state index is 13.3. The van der Waals surface area contributed by atoms with Crippen LogP contribution in [0.5, 0.6) is 0 Å². The SMILES string of the molecule is CC(=Nc1c(C)cccc1C)N1CCCN(C(=Nc2c(C)cc(C)cc2C)c2ccc(C(F)(F)F)cc2)C1. The molecule has 1 heterocycles. The van der Waals surface area contributed by atoms with Crippen molar-refractivity contribution in [2.75, 3.05) is 19.8 Å². The highest BCUT2D eigenvalue weighted by atomic mass is 19.4. The Bertz CT molecular complexity index is 1330. The van der Waals surface area contributed by atoms with E-state index in [1.807, 2.05) is 33.8 Å². The number of benzene rings is 3. The fraction of sp³-hybridized carbons (Fsp3) is 0.355. The lowest BCUT2D eigenvalue weighted by atomic mass is 10.0. The molecule has 1 aliphatic heterocycles. The molecular formula is C31H35F3N4. The van der Waals surface area contributed by atoms with Crippen LogP contribution in [0.15, 0.2) is 64.6 Å². The van der Waals surface area contributed by atoms with Gasteiger partial charge in [-0.05, 0) is 82.3 Å². The van der Waals surface area contributed by atoms with E-state index in [0.717, 1.165) is 76.7 Å². The second-order valence-electron chi connectivity index (χ2n) is 10.2. The van der Waals surface area contributed by atoms with Crippen molar-refractivity contribution in [3.8, 4) is 0 Å². The van der Waals surface area contributed by atoms with Gasteiger partial charge in [-0.3, -0.25) is 0 Å². The molecule has 0 radical (unpaired) electrons. The van der Waals surface area contributed by atoms with Crippen molar-refractivity contribution in [1.82, 2.24) is 9.80 Å². The Morgan fingerprint density at radius 1 is 0.737 bits per heavy atom. The van der Waals surface area contributed by atoms with Crippen LogP contribution < -0.4 is 0 Å². The largest absolute Gasteiger partial charge is 0.416 e. The Kier molecular flexibility index (Phi) is 7.95. The highest BCUT2D eigenvalue weighted by Gasteiger charge is 2.31. The first-order valence-corrected chi connectivity index (χ1v) is 12.9. The number of hydrogen-bond donors (Lipinski definition) is 0. The lowest BCUT2D eigenvalue weighted by Gasteiger charge is -2.38. The van der Waals surface area contributed by atoms with Crippen molar-refractivity contribution in [3.63, 3.8) is 0 Å². The number of hydrogen-bond acceptors (Lipinski definition) is 2. The summed E-state index contributed by atoms with van der Waals surface area (Å²) in [5.74, 6) is 1.57. The number of amidine groups is 2. The standard InChI is InChI=1S/C31H35F3N4/c1-20-17-23(4)29(24(5)18-20)36-30(26-11-13-27(14-12-26)31(32,33)34)38-16-8-15-37(19-38)25(6)35-28-21(2)9-7-10-22(28)3/h7,9-14,17-18H,8,15-16,19H2,1-6H3. The first-order chi connectivity index (χ1) is 17.9. The van der Waals surface area contributed by atoms with Gasteiger partial charge in [0.05, 0.1) is 23.6 Å². The van der Waals surface area contributed by atoms with Crippen LogP contribution in [-0.4, -0.2) is 41.2 Å². The molecule has 3 aromatic carbocycles. The summed E-state index contributed by atoms with van der Waals surface area (Å²) in [6.45, 7) is 14.4. The number of rotatable bonds is 3.